The van der Waals surface area contributed by atoms with Crippen molar-refractivity contribution in [1.82, 2.24) is 9.55 Å². The zero-order valence-corrected chi connectivity index (χ0v) is 11.8. The van der Waals surface area contributed by atoms with Crippen LogP contribution in [0.15, 0.2) is 79.1 Å². The first kappa shape index (κ1) is 12.7. The Labute approximate surface area is 128 Å². The summed E-state index contributed by atoms with van der Waals surface area (Å²) in [5.74, 6) is 0.963. The Bertz CT molecular complexity index is 951. The minimum absolute atomic E-state index is 0.232. The van der Waals surface area contributed by atoms with Crippen LogP contribution >= 0.6 is 0 Å². The van der Waals surface area contributed by atoms with Gasteiger partial charge in [-0.05, 0) is 23.6 Å². The molecular weight excluding hydrogens is 272 g/mol. The van der Waals surface area contributed by atoms with Gasteiger partial charge in [-0.3, -0.25) is 4.57 Å². The predicted octanol–water partition coefficient (Wildman–Crippen LogP) is 4.40. The van der Waals surface area contributed by atoms with Gasteiger partial charge in [-0.15, -0.1) is 0 Å². The van der Waals surface area contributed by atoms with Crippen molar-refractivity contribution >= 4 is 10.8 Å². The number of nitrogens with zero attached hydrogens (tertiary/aromatic N) is 2. The fourth-order valence-corrected chi connectivity index (χ4v) is 2.78. The molecule has 3 aromatic carbocycles. The number of aromatic hydroxyl groups is 1. The first-order valence-corrected chi connectivity index (χ1v) is 7.14. The van der Waals surface area contributed by atoms with Crippen molar-refractivity contribution in [2.75, 3.05) is 0 Å². The molecule has 0 bridgehead atoms. The highest BCUT2D eigenvalue weighted by Gasteiger charge is 2.12. The smallest absolute Gasteiger partial charge is 0.148 e. The highest BCUT2D eigenvalue weighted by atomic mass is 16.3. The van der Waals surface area contributed by atoms with E-state index in [0.717, 1.165) is 22.5 Å². The highest BCUT2D eigenvalue weighted by molar-refractivity contribution is 5.90. The number of benzene rings is 3. The lowest BCUT2D eigenvalue weighted by Crippen LogP contribution is -1.97. The van der Waals surface area contributed by atoms with Crippen LogP contribution < -0.4 is 0 Å². The van der Waals surface area contributed by atoms with Crippen LogP contribution in [-0.4, -0.2) is 14.7 Å². The van der Waals surface area contributed by atoms with Crippen molar-refractivity contribution in [2.24, 2.45) is 0 Å². The van der Waals surface area contributed by atoms with Gasteiger partial charge in [0.2, 0.25) is 0 Å². The van der Waals surface area contributed by atoms with Crippen LogP contribution in [0.1, 0.15) is 0 Å². The lowest BCUT2D eigenvalue weighted by molar-refractivity contribution is 0.477. The van der Waals surface area contributed by atoms with Crippen LogP contribution in [0, 0.1) is 0 Å². The average molecular weight is 286 g/mol. The minimum atomic E-state index is 0.232. The van der Waals surface area contributed by atoms with Gasteiger partial charge in [-0.2, -0.15) is 0 Å². The highest BCUT2D eigenvalue weighted by Crippen LogP contribution is 2.31. The maximum absolute atomic E-state index is 10.1. The van der Waals surface area contributed by atoms with E-state index in [-0.39, 0.29) is 5.75 Å². The van der Waals surface area contributed by atoms with Crippen LogP contribution in [0.4, 0.5) is 0 Å². The van der Waals surface area contributed by atoms with Crippen LogP contribution in [0.2, 0.25) is 0 Å². The maximum atomic E-state index is 10.1. The molecule has 0 aliphatic rings. The van der Waals surface area contributed by atoms with E-state index in [1.165, 1.54) is 5.39 Å². The molecule has 0 fully saturated rings. The number of para-hydroxylation sites is 1. The van der Waals surface area contributed by atoms with E-state index in [2.05, 4.69) is 29.2 Å². The summed E-state index contributed by atoms with van der Waals surface area (Å²) in [6, 6.07) is 21.7. The summed E-state index contributed by atoms with van der Waals surface area (Å²) in [4.78, 5) is 4.43. The molecule has 0 amide bonds. The average Bonchev–Trinajstić information content (AvgIpc) is 3.04. The van der Waals surface area contributed by atoms with Crippen LogP contribution in [-0.2, 0) is 0 Å². The third-order valence-electron chi connectivity index (χ3n) is 3.81. The van der Waals surface area contributed by atoms with Gasteiger partial charge >= 0.3 is 0 Å². The molecule has 22 heavy (non-hydrogen) atoms. The number of hydrogen-bond acceptors (Lipinski definition) is 2. The predicted molar refractivity (Wildman–Crippen MR) is 88.2 cm³/mol. The Morgan fingerprint density at radius 3 is 2.50 bits per heavy atom. The zero-order chi connectivity index (χ0) is 14.9. The minimum Gasteiger partial charge on any atom is -0.507 e. The third-order valence-corrected chi connectivity index (χ3v) is 3.81. The zero-order valence-electron chi connectivity index (χ0n) is 11.8. The molecule has 0 atom stereocenters. The maximum Gasteiger partial charge on any atom is 0.148 e. The van der Waals surface area contributed by atoms with E-state index >= 15 is 0 Å². The van der Waals surface area contributed by atoms with Gasteiger partial charge in [0.25, 0.3) is 0 Å². The molecule has 1 aromatic heterocycles. The molecular formula is C19H14N2O. The van der Waals surface area contributed by atoms with Crippen molar-refractivity contribution in [2.45, 2.75) is 0 Å². The van der Waals surface area contributed by atoms with Gasteiger partial charge in [0, 0.05) is 17.8 Å². The van der Waals surface area contributed by atoms with Gasteiger partial charge in [-0.25, -0.2) is 4.98 Å². The number of aromatic nitrogens is 2. The monoisotopic (exact) mass is 286 g/mol. The molecule has 0 radical (unpaired) electrons. The molecule has 0 spiro atoms. The van der Waals surface area contributed by atoms with Gasteiger partial charge in [-0.1, -0.05) is 48.5 Å². The summed E-state index contributed by atoms with van der Waals surface area (Å²) in [6.07, 6.45) is 3.67. The molecule has 0 aliphatic heterocycles. The van der Waals surface area contributed by atoms with Crippen molar-refractivity contribution in [3.63, 3.8) is 0 Å². The van der Waals surface area contributed by atoms with Gasteiger partial charge in [0.05, 0.1) is 11.3 Å². The summed E-state index contributed by atoms with van der Waals surface area (Å²) >= 11 is 0. The van der Waals surface area contributed by atoms with E-state index in [1.54, 1.807) is 12.3 Å². The number of hydrogen-bond donors (Lipinski definition) is 1. The van der Waals surface area contributed by atoms with Gasteiger partial charge < -0.3 is 5.11 Å². The van der Waals surface area contributed by atoms with E-state index in [0.29, 0.717) is 0 Å². The van der Waals surface area contributed by atoms with Gasteiger partial charge in [0.1, 0.15) is 11.6 Å². The Kier molecular flexibility index (Phi) is 2.90. The van der Waals surface area contributed by atoms with E-state index in [1.807, 2.05) is 47.2 Å². The number of phenolic OH excluding ortho intramolecular Hbond substituents is 1. The molecule has 1 heterocycles. The quantitative estimate of drug-likeness (QED) is 0.593. The second kappa shape index (κ2) is 5.04. The molecule has 106 valence electrons. The third kappa shape index (κ3) is 1.95. The van der Waals surface area contributed by atoms with E-state index < -0.39 is 0 Å². The molecule has 0 aliphatic carbocycles. The Morgan fingerprint density at radius 2 is 1.59 bits per heavy atom. The lowest BCUT2D eigenvalue weighted by atomic mass is 10.1. The van der Waals surface area contributed by atoms with Crippen molar-refractivity contribution < 1.29 is 5.11 Å². The normalized spacial score (nSPS) is 10.9. The fourth-order valence-electron chi connectivity index (χ4n) is 2.78. The van der Waals surface area contributed by atoms with Crippen molar-refractivity contribution in [3.8, 4) is 22.8 Å². The number of rotatable bonds is 2. The molecule has 1 N–H and O–H groups in total. The summed E-state index contributed by atoms with van der Waals surface area (Å²) in [5, 5.41) is 12.4. The first-order valence-electron chi connectivity index (χ1n) is 7.14. The fraction of sp³-hybridized carbons (Fsp3) is 0. The standard InChI is InChI=1S/C19H14N2O/c22-18-11-4-3-9-16(18)19-20-12-13-21(19)17-10-5-7-14-6-1-2-8-15(14)17/h1-13,22H. The molecule has 4 aromatic rings. The summed E-state index contributed by atoms with van der Waals surface area (Å²) in [6.45, 7) is 0. The topological polar surface area (TPSA) is 38.1 Å². The van der Waals surface area contributed by atoms with Gasteiger partial charge in [0.15, 0.2) is 0 Å². The number of imidazole rings is 1. The van der Waals surface area contributed by atoms with Crippen molar-refractivity contribution in [3.05, 3.63) is 79.1 Å². The number of fused-ring (bicyclic) bond motifs is 1. The van der Waals surface area contributed by atoms with Crippen LogP contribution in [0.25, 0.3) is 27.8 Å². The van der Waals surface area contributed by atoms with E-state index in [9.17, 15) is 5.11 Å². The van der Waals surface area contributed by atoms with E-state index in [4.69, 9.17) is 0 Å². The number of phenols is 1. The van der Waals surface area contributed by atoms with Crippen LogP contribution in [0.3, 0.4) is 0 Å². The SMILES string of the molecule is Oc1ccccc1-c1nccn1-c1cccc2ccccc12. The summed E-state index contributed by atoms with van der Waals surface area (Å²) in [5.41, 5.74) is 1.77. The van der Waals surface area contributed by atoms with Crippen LogP contribution in [0.5, 0.6) is 5.75 Å². The summed E-state index contributed by atoms with van der Waals surface area (Å²) in [7, 11) is 0. The summed E-state index contributed by atoms with van der Waals surface area (Å²) < 4.78 is 2.01. The lowest BCUT2D eigenvalue weighted by Gasteiger charge is -2.12. The molecule has 3 heteroatoms. The van der Waals surface area contributed by atoms with Crippen molar-refractivity contribution in [1.29, 1.82) is 0 Å². The first-order chi connectivity index (χ1) is 10.8. The Morgan fingerprint density at radius 1 is 0.818 bits per heavy atom. The molecule has 4 rings (SSSR count). The second-order valence-electron chi connectivity index (χ2n) is 5.14. The molecule has 0 saturated heterocycles. The largest absolute Gasteiger partial charge is 0.507 e. The Balaban J connectivity index is 1.98. The molecule has 3 nitrogen and oxygen atoms in total. The Hall–Kier alpha value is -3.07. The molecule has 0 saturated carbocycles. The second-order valence-corrected chi connectivity index (χ2v) is 5.14. The molecule has 0 unspecified atom stereocenters.